The number of benzene rings is 3. The third kappa shape index (κ3) is 3.98. The molecule has 3 aliphatic heterocycles. The first-order chi connectivity index (χ1) is 17.6. The van der Waals surface area contributed by atoms with Gasteiger partial charge in [-0.25, -0.2) is 9.59 Å². The van der Waals surface area contributed by atoms with Crippen LogP contribution in [0.3, 0.4) is 0 Å². The molecule has 0 spiro atoms. The molecule has 0 bridgehead atoms. The molecule has 0 aliphatic carbocycles. The molecule has 2 fully saturated rings. The third-order valence-corrected chi connectivity index (χ3v) is 6.66. The molecular formula is C28H24O8. The number of methoxy groups -OCH3 is 1. The van der Waals surface area contributed by atoms with Crippen LogP contribution in [0.15, 0.2) is 78.9 Å². The highest BCUT2D eigenvalue weighted by molar-refractivity contribution is 6.03. The zero-order valence-electron chi connectivity index (χ0n) is 19.4. The van der Waals surface area contributed by atoms with E-state index in [1.807, 2.05) is 30.3 Å². The van der Waals surface area contributed by atoms with Crippen molar-refractivity contribution >= 4 is 11.9 Å². The number of esters is 2. The standard InChI is InChI=1S/C28H24O8/c1-31-28-24-23(22-21(33-28)15-32-27(36-22)16-9-3-2-4-10-16)34-25(29)19-13-7-5-11-17(19)18-12-6-8-14-20(18)26(30)35-24/h2-14,21-24,27-28H,15H2,1H3/t21-,22-,23+,24-,27?,28+/m1/s1. The lowest BCUT2D eigenvalue weighted by molar-refractivity contribution is -0.356. The fourth-order valence-corrected chi connectivity index (χ4v) is 4.94. The summed E-state index contributed by atoms with van der Waals surface area (Å²) < 4.78 is 35.8. The molecule has 0 saturated carbocycles. The predicted octanol–water partition coefficient (Wildman–Crippen LogP) is 3.90. The van der Waals surface area contributed by atoms with Gasteiger partial charge in [-0.15, -0.1) is 0 Å². The minimum absolute atomic E-state index is 0.179. The van der Waals surface area contributed by atoms with E-state index in [1.54, 1.807) is 48.5 Å². The van der Waals surface area contributed by atoms with Gasteiger partial charge in [0.05, 0.1) is 17.7 Å². The molecule has 0 amide bonds. The molecule has 6 rings (SSSR count). The summed E-state index contributed by atoms with van der Waals surface area (Å²) in [5.41, 5.74) is 2.62. The average Bonchev–Trinajstić information content (AvgIpc) is 2.93. The molecule has 3 aliphatic rings. The molecule has 0 radical (unpaired) electrons. The molecule has 184 valence electrons. The largest absolute Gasteiger partial charge is 0.452 e. The van der Waals surface area contributed by atoms with Crippen molar-refractivity contribution in [3.8, 4) is 11.1 Å². The molecule has 3 aromatic rings. The lowest BCUT2D eigenvalue weighted by Gasteiger charge is -2.48. The Hall–Kier alpha value is -3.56. The Bertz CT molecular complexity index is 1280. The number of rotatable bonds is 2. The molecule has 8 nitrogen and oxygen atoms in total. The maximum Gasteiger partial charge on any atom is 0.339 e. The second kappa shape index (κ2) is 9.48. The van der Waals surface area contributed by atoms with E-state index in [2.05, 4.69) is 0 Å². The van der Waals surface area contributed by atoms with E-state index in [9.17, 15) is 9.59 Å². The Labute approximate surface area is 207 Å². The predicted molar refractivity (Wildman–Crippen MR) is 126 cm³/mol. The van der Waals surface area contributed by atoms with Crippen LogP contribution in [0, 0.1) is 0 Å². The average molecular weight is 488 g/mol. The Balaban J connectivity index is 1.43. The lowest BCUT2D eigenvalue weighted by Crippen LogP contribution is -2.64. The number of carbonyl (C=O) groups excluding carboxylic acids is 2. The Kier molecular flexibility index (Phi) is 6.02. The first kappa shape index (κ1) is 22.9. The van der Waals surface area contributed by atoms with Gasteiger partial charge in [0.2, 0.25) is 0 Å². The van der Waals surface area contributed by atoms with E-state index in [4.69, 9.17) is 28.4 Å². The minimum atomic E-state index is -1.07. The van der Waals surface area contributed by atoms with Crippen LogP contribution in [0.25, 0.3) is 11.1 Å². The van der Waals surface area contributed by atoms with Crippen LogP contribution in [0.2, 0.25) is 0 Å². The van der Waals surface area contributed by atoms with E-state index >= 15 is 0 Å². The van der Waals surface area contributed by atoms with Crippen LogP contribution in [-0.4, -0.2) is 56.4 Å². The fourth-order valence-electron chi connectivity index (χ4n) is 4.94. The highest BCUT2D eigenvalue weighted by Crippen LogP contribution is 2.39. The van der Waals surface area contributed by atoms with E-state index in [0.29, 0.717) is 22.3 Å². The van der Waals surface area contributed by atoms with Crippen molar-refractivity contribution in [2.24, 2.45) is 0 Å². The van der Waals surface area contributed by atoms with E-state index in [-0.39, 0.29) is 6.61 Å². The van der Waals surface area contributed by atoms with Gasteiger partial charge in [-0.1, -0.05) is 66.7 Å². The summed E-state index contributed by atoms with van der Waals surface area (Å²) in [7, 11) is 1.44. The molecule has 8 heteroatoms. The Morgan fingerprint density at radius 3 is 1.83 bits per heavy atom. The summed E-state index contributed by atoms with van der Waals surface area (Å²) in [6.45, 7) is 0.179. The summed E-state index contributed by atoms with van der Waals surface area (Å²) in [5.74, 6) is -1.14. The quantitative estimate of drug-likeness (QED) is 0.502. The maximum absolute atomic E-state index is 13.6. The maximum atomic E-state index is 13.6. The molecule has 3 heterocycles. The SMILES string of the molecule is CO[C@H]1O[C@@H]2COC(c3ccccc3)O[C@H]2[C@@H]2OC(=O)c3ccccc3-c3ccccc3C(=O)O[C@@H]12. The van der Waals surface area contributed by atoms with Crippen LogP contribution in [-0.2, 0) is 28.4 Å². The second-order valence-electron chi connectivity index (χ2n) is 8.79. The summed E-state index contributed by atoms with van der Waals surface area (Å²) in [6.07, 6.45) is -5.13. The molecule has 0 N–H and O–H groups in total. The van der Waals surface area contributed by atoms with Gasteiger partial charge in [-0.2, -0.15) is 0 Å². The van der Waals surface area contributed by atoms with E-state index < -0.39 is 48.9 Å². The highest BCUT2D eigenvalue weighted by atomic mass is 16.8. The van der Waals surface area contributed by atoms with E-state index in [1.165, 1.54) is 7.11 Å². The Morgan fingerprint density at radius 2 is 1.22 bits per heavy atom. The van der Waals surface area contributed by atoms with Gasteiger partial charge in [-0.3, -0.25) is 0 Å². The molecular weight excluding hydrogens is 464 g/mol. The van der Waals surface area contributed by atoms with Crippen LogP contribution in [0.4, 0.5) is 0 Å². The van der Waals surface area contributed by atoms with Crippen molar-refractivity contribution in [2.45, 2.75) is 37.0 Å². The van der Waals surface area contributed by atoms with Gasteiger partial charge in [-0.05, 0) is 23.3 Å². The normalized spacial score (nSPS) is 29.5. The minimum Gasteiger partial charge on any atom is -0.452 e. The number of hydrogen-bond donors (Lipinski definition) is 0. The van der Waals surface area contributed by atoms with Crippen LogP contribution in [0.1, 0.15) is 32.6 Å². The molecule has 2 saturated heterocycles. The van der Waals surface area contributed by atoms with Gasteiger partial charge < -0.3 is 28.4 Å². The van der Waals surface area contributed by atoms with Gasteiger partial charge in [0.1, 0.15) is 12.2 Å². The van der Waals surface area contributed by atoms with Crippen molar-refractivity contribution in [3.63, 3.8) is 0 Å². The molecule has 36 heavy (non-hydrogen) atoms. The van der Waals surface area contributed by atoms with Crippen molar-refractivity contribution in [1.82, 2.24) is 0 Å². The van der Waals surface area contributed by atoms with Gasteiger partial charge in [0.25, 0.3) is 0 Å². The molecule has 6 atom stereocenters. The van der Waals surface area contributed by atoms with Crippen molar-refractivity contribution < 1.29 is 38.0 Å². The highest BCUT2D eigenvalue weighted by Gasteiger charge is 2.54. The van der Waals surface area contributed by atoms with Crippen molar-refractivity contribution in [1.29, 1.82) is 0 Å². The third-order valence-electron chi connectivity index (χ3n) is 6.66. The zero-order chi connectivity index (χ0) is 24.6. The summed E-state index contributed by atoms with van der Waals surface area (Å²) in [6, 6.07) is 23.4. The number of hydrogen-bond acceptors (Lipinski definition) is 8. The second-order valence-corrected chi connectivity index (χ2v) is 8.79. The monoisotopic (exact) mass is 488 g/mol. The van der Waals surface area contributed by atoms with Gasteiger partial charge >= 0.3 is 11.9 Å². The topological polar surface area (TPSA) is 89.5 Å². The summed E-state index contributed by atoms with van der Waals surface area (Å²) in [4.78, 5) is 27.0. The number of fused-ring (bicyclic) bond motifs is 6. The molecule has 3 aromatic carbocycles. The Morgan fingerprint density at radius 1 is 0.667 bits per heavy atom. The van der Waals surface area contributed by atoms with Crippen LogP contribution >= 0.6 is 0 Å². The summed E-state index contributed by atoms with van der Waals surface area (Å²) >= 11 is 0. The van der Waals surface area contributed by atoms with Crippen LogP contribution in [0.5, 0.6) is 0 Å². The van der Waals surface area contributed by atoms with Crippen molar-refractivity contribution in [3.05, 3.63) is 95.6 Å². The molecule has 1 unspecified atom stereocenters. The van der Waals surface area contributed by atoms with Gasteiger partial charge in [0, 0.05) is 12.7 Å². The first-order valence-electron chi connectivity index (χ1n) is 11.7. The van der Waals surface area contributed by atoms with E-state index in [0.717, 1.165) is 5.56 Å². The van der Waals surface area contributed by atoms with Crippen molar-refractivity contribution in [2.75, 3.05) is 13.7 Å². The summed E-state index contributed by atoms with van der Waals surface area (Å²) in [5, 5.41) is 0. The first-order valence-corrected chi connectivity index (χ1v) is 11.7. The smallest absolute Gasteiger partial charge is 0.339 e. The lowest BCUT2D eigenvalue weighted by atomic mass is 9.93. The zero-order valence-corrected chi connectivity index (χ0v) is 19.4. The van der Waals surface area contributed by atoms with Gasteiger partial charge in [0.15, 0.2) is 24.8 Å². The molecule has 0 aromatic heterocycles. The number of carbonyl (C=O) groups is 2. The fraction of sp³-hybridized carbons (Fsp3) is 0.286. The van der Waals surface area contributed by atoms with Crippen LogP contribution < -0.4 is 0 Å². The number of ether oxygens (including phenoxy) is 6.